The lowest BCUT2D eigenvalue weighted by Crippen LogP contribution is -2.28. The lowest BCUT2D eigenvalue weighted by Gasteiger charge is -2.10. The molecule has 60 valence electrons. The molecule has 0 atom stereocenters. The summed E-state index contributed by atoms with van der Waals surface area (Å²) in [7, 11) is 0. The molecule has 0 radical (unpaired) electrons. The highest BCUT2D eigenvalue weighted by molar-refractivity contribution is 7.80. The second-order valence-corrected chi connectivity index (χ2v) is 2.48. The molecule has 0 heterocycles. The molecular formula is C6H13NO2S. The van der Waals surface area contributed by atoms with E-state index in [4.69, 9.17) is 22.1 Å². The fourth-order valence-electron chi connectivity index (χ4n) is 0.414. The van der Waals surface area contributed by atoms with Crippen LogP contribution in [0, 0.1) is 0 Å². The maximum Gasteiger partial charge on any atom is 0.256 e. The summed E-state index contributed by atoms with van der Waals surface area (Å²) in [6.45, 7) is 4.31. The van der Waals surface area contributed by atoms with Gasteiger partial charge in [-0.1, -0.05) is 0 Å². The van der Waals surface area contributed by atoms with Gasteiger partial charge in [-0.15, -0.1) is 0 Å². The number of ether oxygens (including phenoxy) is 1. The Bertz CT molecular complexity index is 106. The molecule has 0 aliphatic heterocycles. The number of rotatable bonds is 3. The Hall–Kier alpha value is -0.350. The minimum atomic E-state index is 0.0710. The van der Waals surface area contributed by atoms with E-state index in [0.717, 1.165) is 0 Å². The molecule has 3 nitrogen and oxygen atoms in total. The van der Waals surface area contributed by atoms with Crippen LogP contribution in [0.25, 0.3) is 0 Å². The first-order chi connectivity index (χ1) is 4.66. The molecule has 2 N–H and O–H groups in total. The second kappa shape index (κ2) is 5.44. The van der Waals surface area contributed by atoms with Gasteiger partial charge in [0.15, 0.2) is 0 Å². The molecule has 0 amide bonds. The van der Waals surface area contributed by atoms with Crippen LogP contribution in [0.4, 0.5) is 0 Å². The van der Waals surface area contributed by atoms with Gasteiger partial charge in [-0.25, -0.2) is 0 Å². The summed E-state index contributed by atoms with van der Waals surface area (Å²) in [4.78, 5) is 0. The molecule has 0 aromatic heterocycles. The van der Waals surface area contributed by atoms with E-state index in [2.05, 4.69) is 5.32 Å². The van der Waals surface area contributed by atoms with Crippen LogP contribution < -0.4 is 5.32 Å². The number of hydrogen-bond donors (Lipinski definition) is 2. The predicted octanol–water partition coefficient (Wildman–Crippen LogP) is 0.278. The summed E-state index contributed by atoms with van der Waals surface area (Å²) < 4.78 is 5.06. The summed E-state index contributed by atoms with van der Waals surface area (Å²) in [6.07, 6.45) is 0.0960. The third-order valence-corrected chi connectivity index (χ3v) is 0.964. The van der Waals surface area contributed by atoms with Gasteiger partial charge in [0.05, 0.1) is 12.7 Å². The molecule has 0 saturated heterocycles. The third kappa shape index (κ3) is 5.78. The molecule has 0 aromatic rings. The molecule has 0 unspecified atom stereocenters. The van der Waals surface area contributed by atoms with Crippen molar-refractivity contribution in [2.45, 2.75) is 20.0 Å². The Morgan fingerprint density at radius 3 is 2.70 bits per heavy atom. The van der Waals surface area contributed by atoms with Crippen LogP contribution in [-0.2, 0) is 4.74 Å². The average molecular weight is 163 g/mol. The zero-order chi connectivity index (χ0) is 7.98. The molecule has 0 aromatic carbocycles. The van der Waals surface area contributed by atoms with Crippen LogP contribution in [0.2, 0.25) is 0 Å². The summed E-state index contributed by atoms with van der Waals surface area (Å²) in [6, 6.07) is 0. The minimum Gasteiger partial charge on any atom is -0.468 e. The van der Waals surface area contributed by atoms with Gasteiger partial charge in [-0.2, -0.15) is 0 Å². The number of aliphatic hydroxyl groups is 1. The van der Waals surface area contributed by atoms with Gasteiger partial charge < -0.3 is 15.2 Å². The van der Waals surface area contributed by atoms with Crippen LogP contribution in [0.15, 0.2) is 0 Å². The first-order valence-electron chi connectivity index (χ1n) is 3.22. The normalized spacial score (nSPS) is 9.60. The highest BCUT2D eigenvalue weighted by Crippen LogP contribution is 1.87. The molecule has 10 heavy (non-hydrogen) atoms. The van der Waals surface area contributed by atoms with Gasteiger partial charge in [0.1, 0.15) is 0 Å². The van der Waals surface area contributed by atoms with Gasteiger partial charge in [0.25, 0.3) is 5.17 Å². The molecular weight excluding hydrogens is 150 g/mol. The van der Waals surface area contributed by atoms with E-state index in [9.17, 15) is 0 Å². The number of thiocarbonyl (C=S) groups is 1. The number of nitrogens with one attached hydrogen (secondary N) is 1. The molecule has 0 fully saturated rings. The van der Waals surface area contributed by atoms with Gasteiger partial charge in [0, 0.05) is 6.54 Å². The van der Waals surface area contributed by atoms with Crippen molar-refractivity contribution in [2.24, 2.45) is 0 Å². The fourth-order valence-corrected chi connectivity index (χ4v) is 0.708. The van der Waals surface area contributed by atoms with E-state index in [1.807, 2.05) is 13.8 Å². The predicted molar refractivity (Wildman–Crippen MR) is 43.9 cm³/mol. The van der Waals surface area contributed by atoms with E-state index in [0.29, 0.717) is 11.7 Å². The summed E-state index contributed by atoms with van der Waals surface area (Å²) in [5.74, 6) is 0. The highest BCUT2D eigenvalue weighted by Gasteiger charge is 1.97. The Morgan fingerprint density at radius 1 is 1.70 bits per heavy atom. The van der Waals surface area contributed by atoms with Crippen molar-refractivity contribution in [2.75, 3.05) is 13.2 Å². The number of aliphatic hydroxyl groups excluding tert-OH is 1. The van der Waals surface area contributed by atoms with Crippen molar-refractivity contribution in [3.05, 3.63) is 0 Å². The summed E-state index contributed by atoms with van der Waals surface area (Å²) in [5.41, 5.74) is 0. The third-order valence-electron chi connectivity index (χ3n) is 0.724. The van der Waals surface area contributed by atoms with E-state index in [1.165, 1.54) is 0 Å². The lowest BCUT2D eigenvalue weighted by molar-refractivity contribution is 0.219. The molecule has 0 aliphatic carbocycles. The van der Waals surface area contributed by atoms with Crippen molar-refractivity contribution >= 4 is 17.4 Å². The van der Waals surface area contributed by atoms with Gasteiger partial charge in [0.2, 0.25) is 0 Å². The Kier molecular flexibility index (Phi) is 5.25. The van der Waals surface area contributed by atoms with Crippen molar-refractivity contribution in [3.8, 4) is 0 Å². The molecule has 0 aliphatic rings. The quantitative estimate of drug-likeness (QED) is 0.586. The maximum absolute atomic E-state index is 8.37. The van der Waals surface area contributed by atoms with E-state index in [1.54, 1.807) is 0 Å². The zero-order valence-electron chi connectivity index (χ0n) is 6.26. The first kappa shape index (κ1) is 9.65. The van der Waals surface area contributed by atoms with E-state index >= 15 is 0 Å². The van der Waals surface area contributed by atoms with E-state index < -0.39 is 0 Å². The van der Waals surface area contributed by atoms with Crippen LogP contribution in [0.3, 0.4) is 0 Å². The number of hydrogen-bond acceptors (Lipinski definition) is 3. The minimum absolute atomic E-state index is 0.0710. The largest absolute Gasteiger partial charge is 0.468 e. The molecule has 0 bridgehead atoms. The van der Waals surface area contributed by atoms with Crippen LogP contribution in [0.5, 0.6) is 0 Å². The standard InChI is InChI=1S/C6H13NO2S/c1-5(2)9-6(10)7-3-4-8/h5,8H,3-4H2,1-2H3,(H,7,10). The summed E-state index contributed by atoms with van der Waals surface area (Å²) >= 11 is 4.75. The van der Waals surface area contributed by atoms with Crippen LogP contribution in [-0.4, -0.2) is 29.5 Å². The second-order valence-electron chi connectivity index (χ2n) is 2.10. The molecule has 4 heteroatoms. The van der Waals surface area contributed by atoms with Crippen molar-refractivity contribution in [1.29, 1.82) is 0 Å². The zero-order valence-corrected chi connectivity index (χ0v) is 7.07. The van der Waals surface area contributed by atoms with Crippen LogP contribution in [0.1, 0.15) is 13.8 Å². The smallest absolute Gasteiger partial charge is 0.256 e. The fraction of sp³-hybridized carbons (Fsp3) is 0.833. The SMILES string of the molecule is CC(C)OC(=S)NCCO. The monoisotopic (exact) mass is 163 g/mol. The van der Waals surface area contributed by atoms with Gasteiger partial charge in [-0.05, 0) is 26.1 Å². The first-order valence-corrected chi connectivity index (χ1v) is 3.63. The highest BCUT2D eigenvalue weighted by atomic mass is 32.1. The average Bonchev–Trinajstić information content (AvgIpc) is 1.82. The molecule has 0 saturated carbocycles. The van der Waals surface area contributed by atoms with Crippen molar-refractivity contribution in [1.82, 2.24) is 5.32 Å². The Morgan fingerprint density at radius 2 is 2.30 bits per heavy atom. The topological polar surface area (TPSA) is 41.5 Å². The van der Waals surface area contributed by atoms with Gasteiger partial charge in [-0.3, -0.25) is 0 Å². The van der Waals surface area contributed by atoms with Crippen molar-refractivity contribution in [3.63, 3.8) is 0 Å². The maximum atomic E-state index is 8.37. The van der Waals surface area contributed by atoms with Gasteiger partial charge >= 0.3 is 0 Å². The lowest BCUT2D eigenvalue weighted by atomic mass is 10.5. The van der Waals surface area contributed by atoms with Crippen molar-refractivity contribution < 1.29 is 9.84 Å². The van der Waals surface area contributed by atoms with E-state index in [-0.39, 0.29) is 12.7 Å². The Balaban J connectivity index is 3.26. The van der Waals surface area contributed by atoms with Crippen LogP contribution >= 0.6 is 12.2 Å². The summed E-state index contributed by atoms with van der Waals surface area (Å²) in [5, 5.41) is 11.4. The molecule has 0 rings (SSSR count). The Labute approximate surface area is 66.4 Å². The molecule has 0 spiro atoms.